The summed E-state index contributed by atoms with van der Waals surface area (Å²) in [6.45, 7) is 6.09. The average molecular weight is 272 g/mol. The molecular formula is C14H28N2O3. The summed E-state index contributed by atoms with van der Waals surface area (Å²) in [5, 5.41) is 5.58. The van der Waals surface area contributed by atoms with Crippen molar-refractivity contribution < 1.29 is 14.3 Å². The van der Waals surface area contributed by atoms with E-state index in [0.29, 0.717) is 32.6 Å². The molecule has 0 spiro atoms. The molecule has 2 N–H and O–H groups in total. The van der Waals surface area contributed by atoms with E-state index < -0.39 is 0 Å². The molecule has 0 bridgehead atoms. The summed E-state index contributed by atoms with van der Waals surface area (Å²) < 4.78 is 5.27. The van der Waals surface area contributed by atoms with Gasteiger partial charge in [-0.25, -0.2) is 0 Å². The van der Waals surface area contributed by atoms with E-state index in [1.54, 1.807) is 6.92 Å². The third-order valence-electron chi connectivity index (χ3n) is 2.72. The van der Waals surface area contributed by atoms with Gasteiger partial charge in [0.25, 0.3) is 0 Å². The van der Waals surface area contributed by atoms with Crippen LogP contribution < -0.4 is 10.6 Å². The number of nitrogens with one attached hydrogen (secondary N) is 2. The largest absolute Gasteiger partial charge is 0.379 e. The second-order valence-electron chi connectivity index (χ2n) is 4.48. The van der Waals surface area contributed by atoms with E-state index in [1.165, 1.54) is 19.3 Å². The zero-order valence-corrected chi connectivity index (χ0v) is 12.3. The van der Waals surface area contributed by atoms with Gasteiger partial charge in [0.2, 0.25) is 11.8 Å². The van der Waals surface area contributed by atoms with Gasteiger partial charge < -0.3 is 15.4 Å². The van der Waals surface area contributed by atoms with Crippen LogP contribution in [-0.2, 0) is 14.3 Å². The minimum Gasteiger partial charge on any atom is -0.379 e. The second kappa shape index (κ2) is 13.3. The lowest BCUT2D eigenvalue weighted by Crippen LogP contribution is -2.28. The Hall–Kier alpha value is -1.10. The quantitative estimate of drug-likeness (QED) is 0.530. The van der Waals surface area contributed by atoms with Gasteiger partial charge in [-0.3, -0.25) is 9.59 Å². The van der Waals surface area contributed by atoms with Crippen molar-refractivity contribution in [3.63, 3.8) is 0 Å². The predicted octanol–water partition coefficient (Wildman–Crippen LogP) is 1.62. The van der Waals surface area contributed by atoms with E-state index in [-0.39, 0.29) is 11.8 Å². The Balaban J connectivity index is 3.22. The van der Waals surface area contributed by atoms with E-state index >= 15 is 0 Å². The zero-order chi connectivity index (χ0) is 14.3. The summed E-state index contributed by atoms with van der Waals surface area (Å²) in [5.74, 6) is 0.0579. The summed E-state index contributed by atoms with van der Waals surface area (Å²) in [6.07, 6.45) is 5.52. The lowest BCUT2D eigenvalue weighted by molar-refractivity contribution is -0.123. The van der Waals surface area contributed by atoms with Crippen molar-refractivity contribution >= 4 is 11.8 Å². The van der Waals surface area contributed by atoms with Gasteiger partial charge in [-0.2, -0.15) is 0 Å². The maximum atomic E-state index is 11.4. The molecule has 0 radical (unpaired) electrons. The average Bonchev–Trinajstić information content (AvgIpc) is 2.42. The number of ether oxygens (including phenoxy) is 1. The third kappa shape index (κ3) is 13.1. The van der Waals surface area contributed by atoms with Gasteiger partial charge in [-0.05, 0) is 6.42 Å². The number of amides is 2. The molecule has 0 saturated carbocycles. The highest BCUT2D eigenvalue weighted by molar-refractivity contribution is 5.76. The van der Waals surface area contributed by atoms with E-state index in [1.807, 2.05) is 0 Å². The van der Waals surface area contributed by atoms with Crippen LogP contribution >= 0.6 is 0 Å². The number of carbonyl (C=O) groups is 2. The SMILES string of the molecule is CCCCCCNC(=O)CCOCCNC(=O)CC. The molecule has 0 saturated heterocycles. The van der Waals surface area contributed by atoms with Gasteiger partial charge in [0.05, 0.1) is 13.2 Å². The van der Waals surface area contributed by atoms with Gasteiger partial charge in [-0.1, -0.05) is 33.1 Å². The van der Waals surface area contributed by atoms with Crippen LogP contribution in [0.5, 0.6) is 0 Å². The Kier molecular flexibility index (Phi) is 12.6. The van der Waals surface area contributed by atoms with E-state index in [0.717, 1.165) is 13.0 Å². The smallest absolute Gasteiger partial charge is 0.222 e. The highest BCUT2D eigenvalue weighted by Crippen LogP contribution is 1.97. The molecule has 0 aromatic carbocycles. The molecule has 2 amide bonds. The van der Waals surface area contributed by atoms with Crippen LogP contribution in [0.3, 0.4) is 0 Å². The Labute approximate surface area is 116 Å². The van der Waals surface area contributed by atoms with Crippen molar-refractivity contribution in [3.05, 3.63) is 0 Å². The summed E-state index contributed by atoms with van der Waals surface area (Å²) in [7, 11) is 0. The van der Waals surface area contributed by atoms with Crippen LogP contribution in [0.25, 0.3) is 0 Å². The fourth-order valence-corrected chi connectivity index (χ4v) is 1.52. The van der Waals surface area contributed by atoms with Crippen LogP contribution in [0.4, 0.5) is 0 Å². The molecule has 19 heavy (non-hydrogen) atoms. The molecule has 5 heteroatoms. The summed E-state index contributed by atoms with van der Waals surface area (Å²) >= 11 is 0. The Morgan fingerprint density at radius 3 is 2.32 bits per heavy atom. The fraction of sp³-hybridized carbons (Fsp3) is 0.857. The maximum Gasteiger partial charge on any atom is 0.222 e. The molecule has 0 aromatic heterocycles. The highest BCUT2D eigenvalue weighted by atomic mass is 16.5. The lowest BCUT2D eigenvalue weighted by atomic mass is 10.2. The van der Waals surface area contributed by atoms with E-state index in [2.05, 4.69) is 17.6 Å². The number of rotatable bonds is 12. The van der Waals surface area contributed by atoms with Crippen LogP contribution in [0.1, 0.15) is 52.4 Å². The Bertz CT molecular complexity index is 245. The second-order valence-corrected chi connectivity index (χ2v) is 4.48. The molecule has 0 atom stereocenters. The number of unbranched alkanes of at least 4 members (excludes halogenated alkanes) is 3. The fourth-order valence-electron chi connectivity index (χ4n) is 1.52. The minimum absolute atomic E-state index is 0.0217. The highest BCUT2D eigenvalue weighted by Gasteiger charge is 2.00. The predicted molar refractivity (Wildman–Crippen MR) is 75.9 cm³/mol. The van der Waals surface area contributed by atoms with Crippen molar-refractivity contribution in [2.75, 3.05) is 26.3 Å². The van der Waals surface area contributed by atoms with Crippen molar-refractivity contribution in [1.29, 1.82) is 0 Å². The van der Waals surface area contributed by atoms with Gasteiger partial charge >= 0.3 is 0 Å². The molecule has 0 aliphatic carbocycles. The molecule has 112 valence electrons. The third-order valence-corrected chi connectivity index (χ3v) is 2.72. The standard InChI is InChI=1S/C14H28N2O3/c1-3-5-6-7-9-15-14(18)8-11-19-12-10-16-13(17)4-2/h3-12H2,1-2H3,(H,15,18)(H,16,17). The molecule has 0 unspecified atom stereocenters. The monoisotopic (exact) mass is 272 g/mol. The molecule has 0 rings (SSSR count). The van der Waals surface area contributed by atoms with E-state index in [9.17, 15) is 9.59 Å². The normalized spacial score (nSPS) is 10.2. The maximum absolute atomic E-state index is 11.4. The van der Waals surface area contributed by atoms with Gasteiger partial charge in [-0.15, -0.1) is 0 Å². The van der Waals surface area contributed by atoms with Crippen LogP contribution in [0.2, 0.25) is 0 Å². The molecule has 5 nitrogen and oxygen atoms in total. The van der Waals surface area contributed by atoms with Crippen molar-refractivity contribution in [2.45, 2.75) is 52.4 Å². The van der Waals surface area contributed by atoms with Crippen molar-refractivity contribution in [1.82, 2.24) is 10.6 Å². The number of carbonyl (C=O) groups excluding carboxylic acids is 2. The first-order chi connectivity index (χ1) is 9.20. The first-order valence-electron chi connectivity index (χ1n) is 7.31. The molecular weight excluding hydrogens is 244 g/mol. The summed E-state index contributed by atoms with van der Waals surface area (Å²) in [6, 6.07) is 0. The molecule has 0 heterocycles. The van der Waals surface area contributed by atoms with Crippen molar-refractivity contribution in [2.24, 2.45) is 0 Å². The van der Waals surface area contributed by atoms with Crippen LogP contribution in [-0.4, -0.2) is 38.1 Å². The zero-order valence-electron chi connectivity index (χ0n) is 12.3. The minimum atomic E-state index is 0.0217. The summed E-state index contributed by atoms with van der Waals surface area (Å²) in [4.78, 5) is 22.3. The lowest BCUT2D eigenvalue weighted by Gasteiger charge is -2.06. The molecule has 0 aromatic rings. The van der Waals surface area contributed by atoms with Crippen LogP contribution in [0, 0.1) is 0 Å². The van der Waals surface area contributed by atoms with Crippen molar-refractivity contribution in [3.8, 4) is 0 Å². The van der Waals surface area contributed by atoms with Crippen LogP contribution in [0.15, 0.2) is 0 Å². The van der Waals surface area contributed by atoms with E-state index in [4.69, 9.17) is 4.74 Å². The number of hydrogen-bond donors (Lipinski definition) is 2. The topological polar surface area (TPSA) is 67.4 Å². The first-order valence-corrected chi connectivity index (χ1v) is 7.31. The Morgan fingerprint density at radius 2 is 1.63 bits per heavy atom. The molecule has 0 aliphatic rings. The van der Waals surface area contributed by atoms with Gasteiger partial charge in [0.15, 0.2) is 0 Å². The summed E-state index contributed by atoms with van der Waals surface area (Å²) in [5.41, 5.74) is 0. The van der Waals surface area contributed by atoms with Gasteiger partial charge in [0.1, 0.15) is 0 Å². The first kappa shape index (κ1) is 17.9. The molecule has 0 fully saturated rings. The Morgan fingerprint density at radius 1 is 0.895 bits per heavy atom. The van der Waals surface area contributed by atoms with Gasteiger partial charge in [0, 0.05) is 25.9 Å². The number of hydrogen-bond acceptors (Lipinski definition) is 3. The molecule has 0 aliphatic heterocycles.